The Balaban J connectivity index is 0.000000170. The maximum absolute atomic E-state index is 11.3. The maximum atomic E-state index is 11.3. The molecule has 15 rings (SSSR count). The van der Waals surface area contributed by atoms with Crippen molar-refractivity contribution in [2.45, 2.75) is 160 Å². The number of fused-ring (bicyclic) bond motifs is 24. The van der Waals surface area contributed by atoms with Crippen LogP contribution in [0, 0.1) is 41.5 Å². The number of nitrogens with one attached hydrogen (secondary N) is 6. The van der Waals surface area contributed by atoms with Crippen molar-refractivity contribution in [1.29, 1.82) is 0 Å². The molecule has 0 atom stereocenters. The van der Waals surface area contributed by atoms with E-state index in [1.807, 2.05) is 138 Å². The van der Waals surface area contributed by atoms with Crippen molar-refractivity contribution in [1.82, 2.24) is 59.8 Å². The molecular weight excluding hydrogens is 1580 g/mol. The summed E-state index contributed by atoms with van der Waals surface area (Å²) in [7, 11) is 0. The largest absolute Gasteiger partial charge is 3.00 e. The Labute approximate surface area is 694 Å². The number of H-pyrrole nitrogens is 6. The average molecular weight is 1670 g/mol. The monoisotopic (exact) mass is 1660 g/mol. The first kappa shape index (κ1) is 84.8. The molecule has 6 N–H and O–H groups in total. The molecule has 26 heteroatoms. The quantitative estimate of drug-likeness (QED) is 0.0435. The Kier molecular flexibility index (Phi) is 25.8. The van der Waals surface area contributed by atoms with Gasteiger partial charge in [0.1, 0.15) is 0 Å². The number of carboxylic acids is 6. The van der Waals surface area contributed by atoms with Crippen LogP contribution in [0.2, 0.25) is 0 Å². The summed E-state index contributed by atoms with van der Waals surface area (Å²) in [4.78, 5) is 118. The van der Waals surface area contributed by atoms with E-state index in [1.165, 1.54) is 0 Å². The van der Waals surface area contributed by atoms with Crippen LogP contribution in [-0.2, 0) is 28.8 Å². The molecule has 116 heavy (non-hydrogen) atoms. The van der Waals surface area contributed by atoms with E-state index in [1.54, 1.807) is 0 Å². The predicted octanol–water partition coefficient (Wildman–Crippen LogP) is 10.8. The minimum absolute atomic E-state index is 0. The van der Waals surface area contributed by atoms with Crippen molar-refractivity contribution in [3.8, 4) is 0 Å². The van der Waals surface area contributed by atoms with Gasteiger partial charge in [0, 0.05) is 102 Å². The zero-order chi connectivity index (χ0) is 81.4. The third kappa shape index (κ3) is 19.0. The molecule has 582 valence electrons. The molecule has 6 aliphatic heterocycles. The Morgan fingerprint density at radius 3 is 0.526 bits per heavy atom. The molecular formula is C90H84Ga2N12O12. The van der Waals surface area contributed by atoms with Crippen LogP contribution in [0.15, 0.2) is 109 Å². The molecule has 24 nitrogen and oxygen atoms in total. The zero-order valence-corrected chi connectivity index (χ0v) is 71.5. The fourth-order valence-electron chi connectivity index (χ4n) is 15.3. The normalized spacial score (nSPS) is 13.1. The van der Waals surface area contributed by atoms with Crippen molar-refractivity contribution >= 4 is 208 Å². The smallest absolute Gasteiger partial charge is 0.550 e. The number of carbonyl (C=O) groups is 6. The topological polar surface area (TPSA) is 413 Å². The number of allylic oxidation sites excluding steroid dienone is 12. The van der Waals surface area contributed by atoms with Crippen LogP contribution < -0.4 is 30.6 Å². The van der Waals surface area contributed by atoms with E-state index in [0.717, 1.165) is 201 Å². The second kappa shape index (κ2) is 35.3. The van der Waals surface area contributed by atoms with E-state index >= 15 is 0 Å². The SMILES string of the molecule is CC1=C(CCC(=O)[O-])c2cc3nc(cc4[nH]c(cc4C)cc4[nH]c(cc1n2)cc4C)C(C)=C3CCC(=O)[O-].CC1=C(CCC(=O)[O-])c2cc3nc(cc4[nH]c(cc4C)cc4[nH]c(cc1n2)cc4C)C(C)=C3CCC(=O)[O-].CC1=C(CCC(=O)[O-])c2cc3nc(cc4[nH]c(cc4C)cc4[nH]c(cc1n2)cc4C)C(C)=C3CCC(=O)[O-].[Ga+3].[Ga+3]. The van der Waals surface area contributed by atoms with Gasteiger partial charge in [0.2, 0.25) is 0 Å². The van der Waals surface area contributed by atoms with E-state index < -0.39 is 35.8 Å². The molecule has 0 aliphatic carbocycles. The fraction of sp³-hybridized carbons (Fsp3) is 0.267. The summed E-state index contributed by atoms with van der Waals surface area (Å²) in [6.07, 6.45) is 0.789. The third-order valence-corrected chi connectivity index (χ3v) is 21.7. The number of carbonyl (C=O) groups excluding carboxylic acids is 6. The van der Waals surface area contributed by atoms with Gasteiger partial charge in [0.25, 0.3) is 0 Å². The minimum atomic E-state index is -1.13. The number of hydrogen-bond acceptors (Lipinski definition) is 18. The molecule has 0 spiro atoms. The van der Waals surface area contributed by atoms with Gasteiger partial charge in [-0.15, -0.1) is 0 Å². The van der Waals surface area contributed by atoms with Gasteiger partial charge in [0.15, 0.2) is 0 Å². The molecule has 0 saturated heterocycles. The Hall–Kier alpha value is -12.1. The minimum Gasteiger partial charge on any atom is -0.550 e. The van der Waals surface area contributed by atoms with Crippen molar-refractivity contribution in [2.24, 2.45) is 0 Å². The van der Waals surface area contributed by atoms with Gasteiger partial charge in [0.05, 0.1) is 68.3 Å². The third-order valence-electron chi connectivity index (χ3n) is 21.7. The number of hydrogen-bond donors (Lipinski definition) is 6. The van der Waals surface area contributed by atoms with E-state index in [4.69, 9.17) is 29.9 Å². The van der Waals surface area contributed by atoms with E-state index in [0.29, 0.717) is 34.2 Å². The van der Waals surface area contributed by atoms with Crippen molar-refractivity contribution < 1.29 is 59.4 Å². The first-order valence-corrected chi connectivity index (χ1v) is 37.8. The van der Waals surface area contributed by atoms with E-state index in [9.17, 15) is 59.4 Å². The molecule has 6 aliphatic rings. The summed E-state index contributed by atoms with van der Waals surface area (Å²) >= 11 is 0. The van der Waals surface area contributed by atoms with Crippen LogP contribution in [0.3, 0.4) is 0 Å². The summed E-state index contributed by atoms with van der Waals surface area (Å²) in [5.74, 6) is -6.78. The van der Waals surface area contributed by atoms with Gasteiger partial charge < -0.3 is 89.3 Å². The molecule has 9 aromatic heterocycles. The number of aryl methyl sites for hydroxylation is 6. The van der Waals surface area contributed by atoms with Crippen LogP contribution in [0.25, 0.3) is 133 Å². The Morgan fingerprint density at radius 2 is 0.362 bits per heavy atom. The Morgan fingerprint density at radius 1 is 0.216 bits per heavy atom. The predicted molar refractivity (Wildman–Crippen MR) is 443 cm³/mol. The van der Waals surface area contributed by atoms with Gasteiger partial charge in [-0.2, -0.15) is 0 Å². The second-order valence-electron chi connectivity index (χ2n) is 29.8. The van der Waals surface area contributed by atoms with Crippen LogP contribution >= 0.6 is 0 Å². The standard InChI is InChI=1S/3C30H30N4O4.2Ga/c3*1-15-9-20-12-25-17(3)21(5-7-29(35)36)27(33-25)14-28-22(6-8-30(37)38)18(4)26(34-28)13-24-16(2)10-19(32-24)11-23(15)31-20;;/h3*9-14,31-32H,5-8H2,1-4H3,(H,35,36)(H,37,38);;/q;;;2*+3/p-6. The number of aromatic nitrogens is 12. The number of carboxylic acid groups (broad SMARTS) is 6. The van der Waals surface area contributed by atoms with Crippen molar-refractivity contribution in [2.75, 3.05) is 0 Å². The van der Waals surface area contributed by atoms with Crippen LogP contribution in [0.1, 0.15) is 220 Å². The molecule has 0 radical (unpaired) electrons. The maximum Gasteiger partial charge on any atom is 3.00 e. The molecule has 0 unspecified atom stereocenters. The van der Waals surface area contributed by atoms with Gasteiger partial charge in [-0.25, -0.2) is 29.9 Å². The first-order valence-electron chi connectivity index (χ1n) is 37.8. The number of aromatic amines is 6. The average Bonchev–Trinajstić information content (AvgIpc) is 1.64. The summed E-state index contributed by atoms with van der Waals surface area (Å²) < 4.78 is 0. The zero-order valence-electron chi connectivity index (χ0n) is 66.6. The van der Waals surface area contributed by atoms with Gasteiger partial charge in [-0.1, -0.05) is 0 Å². The second-order valence-corrected chi connectivity index (χ2v) is 29.8. The summed E-state index contributed by atoms with van der Waals surface area (Å²) in [5.41, 5.74) is 35.8. The molecule has 0 aromatic carbocycles. The van der Waals surface area contributed by atoms with Gasteiger partial charge in [-0.05, 0) is 370 Å². The Bertz CT molecular complexity index is 5780. The summed E-state index contributed by atoms with van der Waals surface area (Å²) in [6.45, 7) is 23.8. The molecule has 24 bridgehead atoms. The fourth-order valence-corrected chi connectivity index (χ4v) is 15.3. The van der Waals surface area contributed by atoms with Crippen LogP contribution in [0.5, 0.6) is 0 Å². The molecule has 0 saturated carbocycles. The molecule has 9 aromatic rings. The summed E-state index contributed by atoms with van der Waals surface area (Å²) in [6, 6.07) is 35.8. The molecule has 0 fully saturated rings. The van der Waals surface area contributed by atoms with Crippen LogP contribution in [0.4, 0.5) is 0 Å². The van der Waals surface area contributed by atoms with Crippen LogP contribution in [-0.4, -0.2) is 135 Å². The van der Waals surface area contributed by atoms with Gasteiger partial charge in [-0.3, -0.25) is 0 Å². The van der Waals surface area contributed by atoms with E-state index in [2.05, 4.69) is 84.5 Å². The van der Waals surface area contributed by atoms with Gasteiger partial charge >= 0.3 is 39.6 Å². The summed E-state index contributed by atoms with van der Waals surface area (Å²) in [5, 5.41) is 67.8. The van der Waals surface area contributed by atoms with Crippen molar-refractivity contribution in [3.63, 3.8) is 0 Å². The number of rotatable bonds is 18. The molecule has 15 heterocycles. The van der Waals surface area contributed by atoms with E-state index in [-0.39, 0.29) is 117 Å². The first-order chi connectivity index (χ1) is 54.3. The van der Waals surface area contributed by atoms with Crippen molar-refractivity contribution in [3.05, 3.63) is 211 Å². The number of nitrogens with zero attached hydrogens (tertiary/aromatic N) is 6. The molecule has 0 amide bonds. The number of aliphatic carboxylic acids is 6.